The quantitative estimate of drug-likeness (QED) is 0.389. The molecule has 1 atom stereocenters. The van der Waals surface area contributed by atoms with Crippen LogP contribution in [0.15, 0.2) is 47.3 Å². The van der Waals surface area contributed by atoms with Crippen molar-refractivity contribution in [3.63, 3.8) is 0 Å². The lowest BCUT2D eigenvalue weighted by Crippen LogP contribution is -2.45. The van der Waals surface area contributed by atoms with Crippen molar-refractivity contribution in [3.8, 4) is 0 Å². The standard InChI is InChI=1S/C28H26ClFN6O3/c1-16-15-39-11-10-36(16)25-20-8-9-35(14-24(20)31-28(29)32-25)27(38)21-12-17(6-7-22(21)30)13-23-18-4-2-3-5-19(18)26(37)34-33-23/h2-7,12,16H,8-11,13-15H2,1H3,(H,34,37)/t16-/m0/s1. The Hall–Kier alpha value is -3.89. The van der Waals surface area contributed by atoms with Crippen molar-refractivity contribution >= 4 is 34.1 Å². The number of nitrogens with zero attached hydrogens (tertiary/aromatic N) is 5. The van der Waals surface area contributed by atoms with Crippen LogP contribution in [0.25, 0.3) is 10.8 Å². The molecule has 1 N–H and O–H groups in total. The van der Waals surface area contributed by atoms with E-state index in [1.807, 2.05) is 12.1 Å². The van der Waals surface area contributed by atoms with Crippen LogP contribution in [0.2, 0.25) is 5.28 Å². The first kappa shape index (κ1) is 25.4. The Kier molecular flexibility index (Phi) is 6.74. The highest BCUT2D eigenvalue weighted by Crippen LogP contribution is 2.31. The van der Waals surface area contributed by atoms with Crippen molar-refractivity contribution in [3.05, 3.63) is 92.0 Å². The first-order valence-corrected chi connectivity index (χ1v) is 13.2. The van der Waals surface area contributed by atoms with Gasteiger partial charge in [0, 0.05) is 30.5 Å². The molecule has 6 rings (SSSR count). The molecule has 0 radical (unpaired) electrons. The number of carbonyl (C=O) groups excluding carboxylic acids is 1. The molecule has 2 aliphatic heterocycles. The van der Waals surface area contributed by atoms with Gasteiger partial charge in [-0.1, -0.05) is 24.3 Å². The number of fused-ring (bicyclic) bond motifs is 2. The largest absolute Gasteiger partial charge is 0.377 e. The van der Waals surface area contributed by atoms with Crippen LogP contribution in [0.5, 0.6) is 0 Å². The van der Waals surface area contributed by atoms with E-state index in [1.54, 1.807) is 29.2 Å². The summed E-state index contributed by atoms with van der Waals surface area (Å²) in [5, 5.41) is 8.09. The molecular weight excluding hydrogens is 523 g/mol. The topological polar surface area (TPSA) is 104 Å². The molecule has 4 heterocycles. The van der Waals surface area contributed by atoms with Crippen LogP contribution in [0.4, 0.5) is 10.2 Å². The third kappa shape index (κ3) is 4.86. The number of hydrogen-bond donors (Lipinski definition) is 1. The smallest absolute Gasteiger partial charge is 0.272 e. The first-order chi connectivity index (χ1) is 18.9. The molecule has 0 spiro atoms. The summed E-state index contributed by atoms with van der Waals surface area (Å²) in [6.07, 6.45) is 0.858. The Morgan fingerprint density at radius 2 is 2.00 bits per heavy atom. The normalized spacial score (nSPS) is 17.4. The number of carbonyl (C=O) groups is 1. The zero-order valence-corrected chi connectivity index (χ0v) is 22.0. The van der Waals surface area contributed by atoms with E-state index in [2.05, 4.69) is 32.0 Å². The van der Waals surface area contributed by atoms with E-state index >= 15 is 0 Å². The number of rotatable bonds is 4. The maximum absolute atomic E-state index is 15.0. The van der Waals surface area contributed by atoms with Gasteiger partial charge in [0.1, 0.15) is 11.6 Å². The molecule has 1 fully saturated rings. The molecule has 0 bridgehead atoms. The summed E-state index contributed by atoms with van der Waals surface area (Å²) >= 11 is 6.30. The maximum Gasteiger partial charge on any atom is 0.272 e. The number of halogens is 2. The first-order valence-electron chi connectivity index (χ1n) is 12.8. The van der Waals surface area contributed by atoms with Crippen molar-refractivity contribution in [2.75, 3.05) is 31.2 Å². The van der Waals surface area contributed by atoms with E-state index in [9.17, 15) is 14.0 Å². The lowest BCUT2D eigenvalue weighted by atomic mass is 10.0. The summed E-state index contributed by atoms with van der Waals surface area (Å²) in [5.74, 6) is -0.241. The summed E-state index contributed by atoms with van der Waals surface area (Å²) in [4.78, 5) is 38.4. The van der Waals surface area contributed by atoms with E-state index in [0.29, 0.717) is 66.9 Å². The van der Waals surface area contributed by atoms with Crippen LogP contribution in [0.1, 0.15) is 39.8 Å². The third-order valence-electron chi connectivity index (χ3n) is 7.35. The SMILES string of the molecule is C[C@H]1COCCN1c1nc(Cl)nc2c1CCN(C(=O)c1cc(Cc3n[nH]c(=O)c4ccccc34)ccc1F)C2. The Morgan fingerprint density at radius 1 is 1.18 bits per heavy atom. The molecule has 2 aliphatic rings. The predicted molar refractivity (Wildman–Crippen MR) is 145 cm³/mol. The minimum absolute atomic E-state index is 0.0214. The zero-order chi connectivity index (χ0) is 27.1. The average molecular weight is 549 g/mol. The highest BCUT2D eigenvalue weighted by molar-refractivity contribution is 6.28. The molecule has 1 amide bonds. The highest BCUT2D eigenvalue weighted by Gasteiger charge is 2.31. The van der Waals surface area contributed by atoms with Crippen molar-refractivity contribution in [1.82, 2.24) is 25.1 Å². The predicted octanol–water partition coefficient (Wildman–Crippen LogP) is 3.52. The fourth-order valence-corrected chi connectivity index (χ4v) is 5.53. The second-order valence-electron chi connectivity index (χ2n) is 9.87. The molecule has 0 saturated carbocycles. The molecule has 1 saturated heterocycles. The number of ether oxygens (including phenoxy) is 1. The Labute approximate surface area is 228 Å². The van der Waals surface area contributed by atoms with Gasteiger partial charge in [-0.25, -0.2) is 19.5 Å². The van der Waals surface area contributed by atoms with Gasteiger partial charge >= 0.3 is 0 Å². The van der Waals surface area contributed by atoms with Crippen LogP contribution in [0, 0.1) is 5.82 Å². The molecule has 2 aromatic heterocycles. The minimum atomic E-state index is -0.600. The van der Waals surface area contributed by atoms with Gasteiger partial charge in [-0.15, -0.1) is 0 Å². The second-order valence-corrected chi connectivity index (χ2v) is 10.2. The van der Waals surface area contributed by atoms with Crippen molar-refractivity contribution < 1.29 is 13.9 Å². The molecule has 9 nitrogen and oxygen atoms in total. The summed E-state index contributed by atoms with van der Waals surface area (Å²) in [6, 6.07) is 11.8. The van der Waals surface area contributed by atoms with Gasteiger partial charge in [0.05, 0.1) is 48.1 Å². The zero-order valence-electron chi connectivity index (χ0n) is 21.3. The third-order valence-corrected chi connectivity index (χ3v) is 7.52. The number of benzene rings is 2. The van der Waals surface area contributed by atoms with Gasteiger partial charge in [-0.3, -0.25) is 9.59 Å². The monoisotopic (exact) mass is 548 g/mol. The maximum atomic E-state index is 15.0. The summed E-state index contributed by atoms with van der Waals surface area (Å²) < 4.78 is 20.5. The molecular formula is C28H26ClFN6O3. The van der Waals surface area contributed by atoms with Crippen molar-refractivity contribution in [2.45, 2.75) is 32.4 Å². The number of morpholine rings is 1. The number of aromatic amines is 1. The Balaban J connectivity index is 1.27. The van der Waals surface area contributed by atoms with Gasteiger partial charge < -0.3 is 14.5 Å². The Bertz CT molecular complexity index is 1640. The van der Waals surface area contributed by atoms with Crippen LogP contribution >= 0.6 is 11.6 Å². The summed E-state index contributed by atoms with van der Waals surface area (Å²) in [7, 11) is 0. The highest BCUT2D eigenvalue weighted by atomic mass is 35.5. The number of aromatic nitrogens is 4. The Morgan fingerprint density at radius 3 is 2.82 bits per heavy atom. The fraction of sp³-hybridized carbons (Fsp3) is 0.321. The summed E-state index contributed by atoms with van der Waals surface area (Å²) in [6.45, 7) is 4.57. The molecule has 0 aliphatic carbocycles. The minimum Gasteiger partial charge on any atom is -0.377 e. The molecule has 4 aromatic rings. The lowest BCUT2D eigenvalue weighted by molar-refractivity contribution is 0.0726. The van der Waals surface area contributed by atoms with Gasteiger partial charge in [0.15, 0.2) is 0 Å². The molecule has 39 heavy (non-hydrogen) atoms. The van der Waals surface area contributed by atoms with Gasteiger partial charge in [-0.2, -0.15) is 5.10 Å². The van der Waals surface area contributed by atoms with Crippen LogP contribution in [0.3, 0.4) is 0 Å². The number of nitrogens with one attached hydrogen (secondary N) is 1. The number of amides is 1. The van der Waals surface area contributed by atoms with Gasteiger partial charge in [0.25, 0.3) is 11.5 Å². The number of anilines is 1. The van der Waals surface area contributed by atoms with Crippen molar-refractivity contribution in [1.29, 1.82) is 0 Å². The van der Waals surface area contributed by atoms with Crippen LogP contribution in [-0.4, -0.2) is 63.3 Å². The van der Waals surface area contributed by atoms with Crippen LogP contribution in [-0.2, 0) is 24.1 Å². The molecule has 2 aromatic carbocycles. The number of H-pyrrole nitrogens is 1. The van der Waals surface area contributed by atoms with E-state index in [4.69, 9.17) is 16.3 Å². The molecule has 0 unspecified atom stereocenters. The van der Waals surface area contributed by atoms with E-state index in [0.717, 1.165) is 11.4 Å². The van der Waals surface area contributed by atoms with E-state index in [1.165, 1.54) is 6.07 Å². The second kappa shape index (κ2) is 10.3. The van der Waals surface area contributed by atoms with Crippen LogP contribution < -0.4 is 10.5 Å². The van der Waals surface area contributed by atoms with E-state index in [-0.39, 0.29) is 29.0 Å². The van der Waals surface area contributed by atoms with Gasteiger partial charge in [-0.05, 0) is 48.7 Å². The lowest BCUT2D eigenvalue weighted by Gasteiger charge is -2.37. The molecule has 11 heteroatoms. The summed E-state index contributed by atoms with van der Waals surface area (Å²) in [5.41, 5.74) is 2.68. The molecule has 200 valence electrons. The van der Waals surface area contributed by atoms with Gasteiger partial charge in [0.2, 0.25) is 5.28 Å². The average Bonchev–Trinajstić information content (AvgIpc) is 2.95. The number of hydrogen-bond acceptors (Lipinski definition) is 7. The van der Waals surface area contributed by atoms with E-state index < -0.39 is 11.7 Å². The van der Waals surface area contributed by atoms with Crippen molar-refractivity contribution in [2.24, 2.45) is 0 Å². The fourth-order valence-electron chi connectivity index (χ4n) is 5.35.